The van der Waals surface area contributed by atoms with Crippen molar-refractivity contribution in [1.29, 1.82) is 0 Å². The van der Waals surface area contributed by atoms with Gasteiger partial charge in [-0.15, -0.1) is 0 Å². The number of hydrogen-bond donors (Lipinski definition) is 2. The fourth-order valence-electron chi connectivity index (χ4n) is 3.42. The third kappa shape index (κ3) is 4.09. The molecule has 20 heavy (non-hydrogen) atoms. The summed E-state index contributed by atoms with van der Waals surface area (Å²) in [7, 11) is 0. The van der Waals surface area contributed by atoms with Gasteiger partial charge in [0.1, 0.15) is 0 Å². The van der Waals surface area contributed by atoms with Gasteiger partial charge in [-0.05, 0) is 55.2 Å². The van der Waals surface area contributed by atoms with Crippen molar-refractivity contribution in [2.24, 2.45) is 11.7 Å². The van der Waals surface area contributed by atoms with Crippen LogP contribution in [0.2, 0.25) is 0 Å². The van der Waals surface area contributed by atoms with Gasteiger partial charge in [-0.1, -0.05) is 44.7 Å². The van der Waals surface area contributed by atoms with Crippen LogP contribution in [-0.4, -0.2) is 5.84 Å². The maximum Gasteiger partial charge on any atom is 0.270 e. The molecule has 2 rings (SSSR count). The molecule has 1 aromatic carbocycles. The number of unbranched alkanes of at least 4 members (excludes halogenated alkanes) is 2. The Hall–Kier alpha value is -1.31. The van der Waals surface area contributed by atoms with Crippen molar-refractivity contribution >= 4 is 5.84 Å². The van der Waals surface area contributed by atoms with Crippen molar-refractivity contribution < 1.29 is 5.41 Å². The van der Waals surface area contributed by atoms with E-state index in [1.807, 2.05) is 0 Å². The second-order valence-electron chi connectivity index (χ2n) is 6.29. The van der Waals surface area contributed by atoms with Crippen LogP contribution < -0.4 is 11.1 Å². The topological polar surface area (TPSA) is 51.6 Å². The molecule has 0 radical (unpaired) electrons. The first kappa shape index (κ1) is 15.1. The van der Waals surface area contributed by atoms with Gasteiger partial charge in [-0.25, -0.2) is 0 Å². The predicted molar refractivity (Wildman–Crippen MR) is 85.5 cm³/mol. The van der Waals surface area contributed by atoms with E-state index in [0.29, 0.717) is 5.84 Å². The summed E-state index contributed by atoms with van der Waals surface area (Å²) in [6, 6.07) is 8.52. The summed E-state index contributed by atoms with van der Waals surface area (Å²) in [5.74, 6) is 2.13. The fourth-order valence-corrected chi connectivity index (χ4v) is 3.42. The first-order valence-corrected chi connectivity index (χ1v) is 8.19. The van der Waals surface area contributed by atoms with Crippen LogP contribution >= 0.6 is 0 Å². The van der Waals surface area contributed by atoms with Gasteiger partial charge >= 0.3 is 0 Å². The highest BCUT2D eigenvalue weighted by Gasteiger charge is 2.22. The molecule has 0 unspecified atom stereocenters. The molecule has 0 heterocycles. The van der Waals surface area contributed by atoms with Gasteiger partial charge in [0.05, 0.1) is 5.56 Å². The number of amidine groups is 1. The Morgan fingerprint density at radius 3 is 2.30 bits per heavy atom. The minimum absolute atomic E-state index is 0.413. The molecule has 1 aliphatic carbocycles. The van der Waals surface area contributed by atoms with Crippen molar-refractivity contribution in [3.05, 3.63) is 35.4 Å². The van der Waals surface area contributed by atoms with E-state index in [4.69, 9.17) is 11.1 Å². The molecule has 1 fully saturated rings. The van der Waals surface area contributed by atoms with E-state index in [-0.39, 0.29) is 0 Å². The Morgan fingerprint density at radius 2 is 1.75 bits per heavy atom. The third-order valence-electron chi connectivity index (χ3n) is 4.78. The monoisotopic (exact) mass is 273 g/mol. The fraction of sp³-hybridized carbons (Fsp3) is 0.611. The van der Waals surface area contributed by atoms with Gasteiger partial charge in [0.15, 0.2) is 0 Å². The average molecular weight is 273 g/mol. The largest absolute Gasteiger partial charge is 0.287 e. The predicted octanol–water partition coefficient (Wildman–Crippen LogP) is 3.01. The summed E-state index contributed by atoms with van der Waals surface area (Å²) < 4.78 is 0. The molecule has 2 heteroatoms. The minimum Gasteiger partial charge on any atom is -0.287 e. The lowest BCUT2D eigenvalue weighted by atomic mass is 9.77. The van der Waals surface area contributed by atoms with Crippen LogP contribution in [0.4, 0.5) is 0 Å². The van der Waals surface area contributed by atoms with E-state index < -0.39 is 0 Å². The smallest absolute Gasteiger partial charge is 0.270 e. The zero-order valence-electron chi connectivity index (χ0n) is 12.8. The molecule has 0 saturated heterocycles. The number of nitrogens with two attached hydrogens (primary N) is 2. The van der Waals surface area contributed by atoms with Gasteiger partial charge in [0.25, 0.3) is 5.84 Å². The molecule has 1 aliphatic rings. The van der Waals surface area contributed by atoms with Gasteiger partial charge in [-0.3, -0.25) is 11.1 Å². The molecule has 0 aliphatic heterocycles. The SMILES string of the molecule is CCCCCC1CCC(c2ccc(C(N)=[NH2+])cc2)CC1. The van der Waals surface area contributed by atoms with Crippen molar-refractivity contribution in [3.63, 3.8) is 0 Å². The van der Waals surface area contributed by atoms with Crippen LogP contribution in [0.3, 0.4) is 0 Å². The molecule has 0 aromatic heterocycles. The Labute approximate surface area is 123 Å². The van der Waals surface area contributed by atoms with Crippen molar-refractivity contribution in [2.45, 2.75) is 64.2 Å². The zero-order valence-corrected chi connectivity index (χ0v) is 12.8. The number of hydrogen-bond acceptors (Lipinski definition) is 0. The Balaban J connectivity index is 1.82. The van der Waals surface area contributed by atoms with E-state index >= 15 is 0 Å². The van der Waals surface area contributed by atoms with Gasteiger partial charge in [-0.2, -0.15) is 0 Å². The molecule has 1 aromatic rings. The lowest BCUT2D eigenvalue weighted by Gasteiger charge is -2.29. The van der Waals surface area contributed by atoms with Crippen LogP contribution in [-0.2, 0) is 0 Å². The van der Waals surface area contributed by atoms with E-state index in [0.717, 1.165) is 17.4 Å². The molecule has 0 spiro atoms. The Morgan fingerprint density at radius 1 is 1.10 bits per heavy atom. The minimum atomic E-state index is 0.413. The molecule has 1 saturated carbocycles. The summed E-state index contributed by atoms with van der Waals surface area (Å²) in [5, 5.41) is 5.61. The van der Waals surface area contributed by atoms with Gasteiger partial charge in [0, 0.05) is 0 Å². The lowest BCUT2D eigenvalue weighted by Crippen LogP contribution is -2.46. The highest BCUT2D eigenvalue weighted by Crippen LogP contribution is 2.37. The quantitative estimate of drug-likeness (QED) is 0.467. The molecule has 0 atom stereocenters. The third-order valence-corrected chi connectivity index (χ3v) is 4.78. The number of rotatable bonds is 6. The van der Waals surface area contributed by atoms with E-state index in [9.17, 15) is 0 Å². The van der Waals surface area contributed by atoms with E-state index in [1.165, 1.54) is 56.9 Å². The number of benzene rings is 1. The van der Waals surface area contributed by atoms with E-state index in [2.05, 4.69) is 31.2 Å². The molecule has 0 bridgehead atoms. The van der Waals surface area contributed by atoms with Crippen LogP contribution in [0.1, 0.15) is 75.3 Å². The summed E-state index contributed by atoms with van der Waals surface area (Å²) in [6.45, 7) is 2.28. The molecule has 0 amide bonds. The molecular formula is C18H29N2+. The highest BCUT2D eigenvalue weighted by atomic mass is 14.7. The first-order valence-electron chi connectivity index (χ1n) is 8.19. The molecule has 2 nitrogen and oxygen atoms in total. The molecule has 4 N–H and O–H groups in total. The summed E-state index contributed by atoms with van der Waals surface area (Å²) in [5.41, 5.74) is 8.02. The highest BCUT2D eigenvalue weighted by molar-refractivity contribution is 5.92. The first-order chi connectivity index (χ1) is 9.70. The van der Waals surface area contributed by atoms with Crippen LogP contribution in [0, 0.1) is 5.92 Å². The van der Waals surface area contributed by atoms with Gasteiger partial charge < -0.3 is 0 Å². The summed E-state index contributed by atoms with van der Waals surface area (Å²) >= 11 is 0. The maximum atomic E-state index is 5.61. The normalized spacial score (nSPS) is 22.6. The average Bonchev–Trinajstić information content (AvgIpc) is 2.48. The van der Waals surface area contributed by atoms with Crippen LogP contribution in [0.5, 0.6) is 0 Å². The van der Waals surface area contributed by atoms with E-state index in [1.54, 1.807) is 0 Å². The van der Waals surface area contributed by atoms with Crippen LogP contribution in [0.25, 0.3) is 0 Å². The Kier molecular flexibility index (Phi) is 5.63. The van der Waals surface area contributed by atoms with Crippen molar-refractivity contribution in [3.8, 4) is 0 Å². The zero-order chi connectivity index (χ0) is 14.4. The van der Waals surface area contributed by atoms with Crippen LogP contribution in [0.15, 0.2) is 24.3 Å². The van der Waals surface area contributed by atoms with Gasteiger partial charge in [0.2, 0.25) is 0 Å². The van der Waals surface area contributed by atoms with Crippen molar-refractivity contribution in [1.82, 2.24) is 0 Å². The second kappa shape index (κ2) is 7.47. The lowest BCUT2D eigenvalue weighted by molar-refractivity contribution is -0.114. The Bertz CT molecular complexity index is 414. The molecule has 110 valence electrons. The summed E-state index contributed by atoms with van der Waals surface area (Å²) in [6.07, 6.45) is 11.1. The second-order valence-corrected chi connectivity index (χ2v) is 6.29. The standard InChI is InChI=1S/C18H28N2/c1-2-3-4-5-14-6-8-15(9-7-14)16-10-12-17(13-11-16)18(19)20/h10-15H,2-9H2,1H3,(H3,19,20)/p+1. The summed E-state index contributed by atoms with van der Waals surface area (Å²) in [4.78, 5) is 0. The molecular weight excluding hydrogens is 244 g/mol. The maximum absolute atomic E-state index is 5.61. The van der Waals surface area contributed by atoms with Crippen molar-refractivity contribution in [2.75, 3.05) is 0 Å².